The van der Waals surface area contributed by atoms with Crippen LogP contribution in [0.2, 0.25) is 0 Å². The number of nitrogens with one attached hydrogen (secondary N) is 1. The molecule has 1 aliphatic carbocycles. The summed E-state index contributed by atoms with van der Waals surface area (Å²) < 4.78 is 15.4. The lowest BCUT2D eigenvalue weighted by atomic mass is 10.0. The highest BCUT2D eigenvalue weighted by Gasteiger charge is 2.29. The number of benzene rings is 1. The van der Waals surface area contributed by atoms with E-state index in [0.29, 0.717) is 0 Å². The SMILES string of the molecule is Fc1ccc(-c2nn3c(c2-c2ccncc2)NN(CC2CC2)CC3)cc1. The van der Waals surface area contributed by atoms with Crippen molar-refractivity contribution in [3.63, 3.8) is 0 Å². The molecule has 1 N–H and O–H groups in total. The van der Waals surface area contributed by atoms with Crippen LogP contribution < -0.4 is 5.43 Å². The quantitative estimate of drug-likeness (QED) is 0.778. The van der Waals surface area contributed by atoms with E-state index in [1.165, 1.54) is 25.0 Å². The predicted molar refractivity (Wildman–Crippen MR) is 98.8 cm³/mol. The van der Waals surface area contributed by atoms with E-state index in [-0.39, 0.29) is 5.82 Å². The molecule has 1 aliphatic heterocycles. The van der Waals surface area contributed by atoms with Crippen LogP contribution in [0.4, 0.5) is 10.2 Å². The first-order valence-corrected chi connectivity index (χ1v) is 9.07. The number of nitrogens with zero attached hydrogens (tertiary/aromatic N) is 4. The molecule has 0 radical (unpaired) electrons. The normalized spacial score (nSPS) is 17.0. The monoisotopic (exact) mass is 349 g/mol. The third-order valence-electron chi connectivity index (χ3n) is 5.06. The molecule has 0 saturated heterocycles. The minimum absolute atomic E-state index is 0.239. The van der Waals surface area contributed by atoms with Crippen LogP contribution in [-0.2, 0) is 6.54 Å². The number of hydrazine groups is 1. The van der Waals surface area contributed by atoms with Crippen molar-refractivity contribution in [2.75, 3.05) is 18.5 Å². The Morgan fingerprint density at radius 1 is 1.00 bits per heavy atom. The smallest absolute Gasteiger partial charge is 0.147 e. The van der Waals surface area contributed by atoms with E-state index in [1.54, 1.807) is 24.5 Å². The summed E-state index contributed by atoms with van der Waals surface area (Å²) in [6.45, 7) is 2.85. The Bertz CT molecular complexity index is 915. The van der Waals surface area contributed by atoms with Crippen molar-refractivity contribution in [1.29, 1.82) is 0 Å². The van der Waals surface area contributed by atoms with Gasteiger partial charge in [0.05, 0.1) is 12.1 Å². The first-order chi connectivity index (χ1) is 12.8. The lowest BCUT2D eigenvalue weighted by molar-refractivity contribution is 0.272. The number of aromatic nitrogens is 3. The molecule has 1 aromatic carbocycles. The summed E-state index contributed by atoms with van der Waals surface area (Å²) in [5.74, 6) is 1.58. The zero-order valence-electron chi connectivity index (χ0n) is 14.4. The van der Waals surface area contributed by atoms with Crippen molar-refractivity contribution in [3.05, 3.63) is 54.6 Å². The van der Waals surface area contributed by atoms with Gasteiger partial charge in [0, 0.05) is 31.0 Å². The summed E-state index contributed by atoms with van der Waals surface area (Å²) in [4.78, 5) is 4.14. The van der Waals surface area contributed by atoms with E-state index in [9.17, 15) is 4.39 Å². The molecule has 1 saturated carbocycles. The van der Waals surface area contributed by atoms with Crippen LogP contribution in [0.1, 0.15) is 12.8 Å². The highest BCUT2D eigenvalue weighted by atomic mass is 19.1. The number of rotatable bonds is 4. The van der Waals surface area contributed by atoms with Gasteiger partial charge >= 0.3 is 0 Å². The van der Waals surface area contributed by atoms with Gasteiger partial charge in [0.25, 0.3) is 0 Å². The van der Waals surface area contributed by atoms with E-state index in [2.05, 4.69) is 15.4 Å². The molecule has 5 rings (SSSR count). The van der Waals surface area contributed by atoms with Crippen LogP contribution in [0.5, 0.6) is 0 Å². The van der Waals surface area contributed by atoms with Gasteiger partial charge in [-0.1, -0.05) is 0 Å². The topological polar surface area (TPSA) is 46.0 Å². The fourth-order valence-corrected chi connectivity index (χ4v) is 3.51. The summed E-state index contributed by atoms with van der Waals surface area (Å²) in [7, 11) is 0. The molecule has 1 fully saturated rings. The fourth-order valence-electron chi connectivity index (χ4n) is 3.51. The zero-order valence-corrected chi connectivity index (χ0v) is 14.4. The lowest BCUT2D eigenvalue weighted by Crippen LogP contribution is -2.40. The average molecular weight is 349 g/mol. The first kappa shape index (κ1) is 15.5. The lowest BCUT2D eigenvalue weighted by Gasteiger charge is -2.29. The Morgan fingerprint density at radius 2 is 1.77 bits per heavy atom. The van der Waals surface area contributed by atoms with Crippen molar-refractivity contribution in [2.45, 2.75) is 19.4 Å². The molecular weight excluding hydrogens is 329 g/mol. The predicted octanol–water partition coefficient (Wildman–Crippen LogP) is 3.80. The Labute approximate surface area is 151 Å². The van der Waals surface area contributed by atoms with Gasteiger partial charge in [0.1, 0.15) is 17.3 Å². The van der Waals surface area contributed by atoms with Gasteiger partial charge in [0.2, 0.25) is 0 Å². The summed E-state index contributed by atoms with van der Waals surface area (Å²) >= 11 is 0. The Morgan fingerprint density at radius 3 is 2.50 bits per heavy atom. The van der Waals surface area contributed by atoms with E-state index in [0.717, 1.165) is 53.8 Å². The Hall–Kier alpha value is -2.73. The number of pyridine rings is 1. The number of halogens is 1. The number of anilines is 1. The second-order valence-corrected chi connectivity index (χ2v) is 7.04. The highest BCUT2D eigenvalue weighted by molar-refractivity contribution is 5.88. The van der Waals surface area contributed by atoms with Crippen molar-refractivity contribution in [2.24, 2.45) is 5.92 Å². The van der Waals surface area contributed by atoms with Crippen molar-refractivity contribution >= 4 is 5.82 Å². The van der Waals surface area contributed by atoms with Gasteiger partial charge in [-0.2, -0.15) is 5.10 Å². The molecule has 0 atom stereocenters. The summed E-state index contributed by atoms with van der Waals surface area (Å²) in [6.07, 6.45) is 6.24. The molecule has 0 unspecified atom stereocenters. The number of fused-ring (bicyclic) bond motifs is 1. The van der Waals surface area contributed by atoms with Crippen molar-refractivity contribution in [3.8, 4) is 22.4 Å². The molecule has 6 heteroatoms. The second kappa shape index (κ2) is 6.21. The molecule has 0 spiro atoms. The molecule has 3 heterocycles. The van der Waals surface area contributed by atoms with Gasteiger partial charge in [-0.25, -0.2) is 14.1 Å². The third-order valence-corrected chi connectivity index (χ3v) is 5.06. The maximum atomic E-state index is 13.4. The zero-order chi connectivity index (χ0) is 17.5. The average Bonchev–Trinajstić information content (AvgIpc) is 3.40. The minimum atomic E-state index is -0.239. The number of hydrogen-bond acceptors (Lipinski definition) is 4. The van der Waals surface area contributed by atoms with Gasteiger partial charge in [-0.05, 0) is 60.7 Å². The first-order valence-electron chi connectivity index (χ1n) is 9.07. The molecule has 5 nitrogen and oxygen atoms in total. The molecule has 132 valence electrons. The Kier molecular flexibility index (Phi) is 3.71. The van der Waals surface area contributed by atoms with Crippen LogP contribution in [0, 0.1) is 11.7 Å². The maximum Gasteiger partial charge on any atom is 0.147 e. The molecule has 0 amide bonds. The van der Waals surface area contributed by atoms with E-state index in [1.807, 2.05) is 16.8 Å². The molecule has 2 aromatic heterocycles. The van der Waals surface area contributed by atoms with Gasteiger partial charge in [-0.3, -0.25) is 4.98 Å². The summed E-state index contributed by atoms with van der Waals surface area (Å²) in [5.41, 5.74) is 7.45. The van der Waals surface area contributed by atoms with E-state index >= 15 is 0 Å². The van der Waals surface area contributed by atoms with Gasteiger partial charge < -0.3 is 5.43 Å². The summed E-state index contributed by atoms with van der Waals surface area (Å²) in [6, 6.07) is 10.5. The van der Waals surface area contributed by atoms with Crippen LogP contribution in [0.25, 0.3) is 22.4 Å². The minimum Gasteiger partial charge on any atom is -0.303 e. The van der Waals surface area contributed by atoms with Crippen molar-refractivity contribution < 1.29 is 4.39 Å². The highest BCUT2D eigenvalue weighted by Crippen LogP contribution is 2.39. The maximum absolute atomic E-state index is 13.4. The van der Waals surface area contributed by atoms with Gasteiger partial charge in [0.15, 0.2) is 0 Å². The van der Waals surface area contributed by atoms with E-state index in [4.69, 9.17) is 5.10 Å². The van der Waals surface area contributed by atoms with E-state index < -0.39 is 0 Å². The largest absolute Gasteiger partial charge is 0.303 e. The second-order valence-electron chi connectivity index (χ2n) is 7.04. The van der Waals surface area contributed by atoms with Crippen LogP contribution >= 0.6 is 0 Å². The van der Waals surface area contributed by atoms with Crippen LogP contribution in [0.3, 0.4) is 0 Å². The third kappa shape index (κ3) is 2.86. The molecule has 26 heavy (non-hydrogen) atoms. The standard InChI is InChI=1S/C20H20FN5/c21-17-5-3-16(4-6-17)19-18(15-7-9-22-10-8-15)20-24-25(13-14-1-2-14)11-12-26(20)23-19/h3-10,14,24H,1-2,11-13H2. The van der Waals surface area contributed by atoms with Gasteiger partial charge in [-0.15, -0.1) is 0 Å². The van der Waals surface area contributed by atoms with Crippen molar-refractivity contribution in [1.82, 2.24) is 19.8 Å². The Balaban J connectivity index is 1.61. The fraction of sp³-hybridized carbons (Fsp3) is 0.300. The van der Waals surface area contributed by atoms with Crippen LogP contribution in [-0.4, -0.2) is 32.9 Å². The summed E-state index contributed by atoms with van der Waals surface area (Å²) in [5, 5.41) is 7.14. The molecule has 0 bridgehead atoms. The molecular formula is C20H20FN5. The van der Waals surface area contributed by atoms with Crippen LogP contribution in [0.15, 0.2) is 48.8 Å². The molecule has 2 aliphatic rings. The number of hydrogen-bond donors (Lipinski definition) is 1. The molecule has 3 aromatic rings.